The maximum Gasteiger partial charge on any atom is 0.217 e. The predicted octanol–water partition coefficient (Wildman–Crippen LogP) is 0.951. The van der Waals surface area contributed by atoms with E-state index in [9.17, 15) is 4.79 Å². The standard InChI is InChI=1S/C9H14N2O2/c1-11-7-3-5-8(12)4-2-6-9(10)13/h3-5,7,12H,2,6H2,1H3,(H2,10,13)/b5-3-,8-4-,11-7?. The Labute approximate surface area is 77.5 Å². The monoisotopic (exact) mass is 182 g/mol. The van der Waals surface area contributed by atoms with Gasteiger partial charge in [0.05, 0.1) is 0 Å². The normalized spacial score (nSPS) is 12.8. The third-order valence-corrected chi connectivity index (χ3v) is 1.25. The number of hydrogen-bond acceptors (Lipinski definition) is 3. The molecule has 0 fully saturated rings. The summed E-state index contributed by atoms with van der Waals surface area (Å²) < 4.78 is 0. The summed E-state index contributed by atoms with van der Waals surface area (Å²) in [5, 5.41) is 9.15. The molecule has 0 atom stereocenters. The average molecular weight is 182 g/mol. The molecule has 0 heterocycles. The summed E-state index contributed by atoms with van der Waals surface area (Å²) in [5.41, 5.74) is 4.91. The summed E-state index contributed by atoms with van der Waals surface area (Å²) in [6, 6.07) is 0. The molecular weight excluding hydrogens is 168 g/mol. The fourth-order valence-electron chi connectivity index (χ4n) is 0.658. The van der Waals surface area contributed by atoms with Gasteiger partial charge in [-0.3, -0.25) is 9.79 Å². The van der Waals surface area contributed by atoms with Crippen molar-refractivity contribution >= 4 is 12.1 Å². The van der Waals surface area contributed by atoms with Crippen LogP contribution in [0, 0.1) is 0 Å². The Balaban J connectivity index is 3.81. The summed E-state index contributed by atoms with van der Waals surface area (Å²) in [5.74, 6) is -0.260. The van der Waals surface area contributed by atoms with Crippen LogP contribution in [0.4, 0.5) is 0 Å². The molecule has 3 N–H and O–H groups in total. The zero-order valence-corrected chi connectivity index (χ0v) is 7.60. The van der Waals surface area contributed by atoms with E-state index in [4.69, 9.17) is 10.8 Å². The van der Waals surface area contributed by atoms with Crippen LogP contribution in [-0.2, 0) is 4.79 Å². The molecule has 0 aromatic rings. The van der Waals surface area contributed by atoms with E-state index in [0.29, 0.717) is 6.42 Å². The number of aliphatic imine (C=N–C) groups is 1. The predicted molar refractivity (Wildman–Crippen MR) is 52.7 cm³/mol. The first-order valence-electron chi connectivity index (χ1n) is 3.93. The van der Waals surface area contributed by atoms with E-state index >= 15 is 0 Å². The quantitative estimate of drug-likeness (QED) is 0.377. The Bertz CT molecular complexity index is 242. The number of aliphatic hydroxyl groups is 1. The molecule has 0 rings (SSSR count). The highest BCUT2D eigenvalue weighted by Gasteiger charge is 1.91. The molecule has 1 amide bonds. The zero-order chi connectivity index (χ0) is 10.1. The lowest BCUT2D eigenvalue weighted by atomic mass is 10.2. The molecule has 0 aliphatic heterocycles. The SMILES string of the molecule is CN=C/C=C\C(O)=C\CCC(N)=O. The van der Waals surface area contributed by atoms with Crippen molar-refractivity contribution in [1.82, 2.24) is 0 Å². The Kier molecular flexibility index (Phi) is 6.23. The largest absolute Gasteiger partial charge is 0.508 e. The molecular formula is C9H14N2O2. The van der Waals surface area contributed by atoms with Crippen LogP contribution in [0.3, 0.4) is 0 Å². The van der Waals surface area contributed by atoms with Crippen molar-refractivity contribution in [2.24, 2.45) is 10.7 Å². The van der Waals surface area contributed by atoms with Crippen LogP contribution in [-0.4, -0.2) is 24.3 Å². The third-order valence-electron chi connectivity index (χ3n) is 1.25. The fraction of sp³-hybridized carbons (Fsp3) is 0.333. The second kappa shape index (κ2) is 7.09. The van der Waals surface area contributed by atoms with Gasteiger partial charge in [0.25, 0.3) is 0 Å². The van der Waals surface area contributed by atoms with Gasteiger partial charge in [0.15, 0.2) is 0 Å². The van der Waals surface area contributed by atoms with E-state index in [1.165, 1.54) is 12.2 Å². The van der Waals surface area contributed by atoms with Crippen LogP contribution < -0.4 is 5.73 Å². The van der Waals surface area contributed by atoms with Crippen LogP contribution in [0.25, 0.3) is 0 Å². The fourth-order valence-corrected chi connectivity index (χ4v) is 0.658. The lowest BCUT2D eigenvalue weighted by Gasteiger charge is -1.90. The van der Waals surface area contributed by atoms with Gasteiger partial charge in [-0.15, -0.1) is 0 Å². The molecule has 0 saturated carbocycles. The van der Waals surface area contributed by atoms with E-state index in [-0.39, 0.29) is 18.1 Å². The number of nitrogens with two attached hydrogens (primary N) is 1. The van der Waals surface area contributed by atoms with E-state index in [0.717, 1.165) is 0 Å². The molecule has 4 heteroatoms. The molecule has 0 aromatic heterocycles. The zero-order valence-electron chi connectivity index (χ0n) is 7.60. The number of carbonyl (C=O) groups excluding carboxylic acids is 1. The minimum absolute atomic E-state index is 0.112. The van der Waals surface area contributed by atoms with Crippen LogP contribution in [0.15, 0.2) is 29.0 Å². The molecule has 0 unspecified atom stereocenters. The van der Waals surface area contributed by atoms with Crippen LogP contribution in [0.1, 0.15) is 12.8 Å². The van der Waals surface area contributed by atoms with Crippen LogP contribution in [0.5, 0.6) is 0 Å². The Morgan fingerprint density at radius 2 is 2.31 bits per heavy atom. The van der Waals surface area contributed by atoms with Gasteiger partial charge in [-0.05, 0) is 24.6 Å². The minimum Gasteiger partial charge on any atom is -0.508 e. The summed E-state index contributed by atoms with van der Waals surface area (Å²) in [7, 11) is 1.64. The minimum atomic E-state index is -0.372. The molecule has 0 bridgehead atoms. The van der Waals surface area contributed by atoms with Crippen molar-refractivity contribution in [2.75, 3.05) is 7.05 Å². The highest BCUT2D eigenvalue weighted by atomic mass is 16.3. The number of aliphatic hydroxyl groups excluding tert-OH is 1. The number of primary amides is 1. The first-order valence-corrected chi connectivity index (χ1v) is 3.93. The third kappa shape index (κ3) is 8.33. The van der Waals surface area contributed by atoms with Crippen molar-refractivity contribution < 1.29 is 9.90 Å². The van der Waals surface area contributed by atoms with E-state index < -0.39 is 0 Å². The summed E-state index contributed by atoms with van der Waals surface area (Å²) in [6.07, 6.45) is 6.89. The van der Waals surface area contributed by atoms with E-state index in [1.807, 2.05) is 0 Å². The first-order chi connectivity index (χ1) is 6.16. The van der Waals surface area contributed by atoms with Gasteiger partial charge >= 0.3 is 0 Å². The van der Waals surface area contributed by atoms with Crippen molar-refractivity contribution in [2.45, 2.75) is 12.8 Å². The second-order valence-corrected chi connectivity index (χ2v) is 2.40. The topological polar surface area (TPSA) is 75.7 Å². The number of amides is 1. The van der Waals surface area contributed by atoms with Crippen LogP contribution in [0.2, 0.25) is 0 Å². The molecule has 0 spiro atoms. The maximum absolute atomic E-state index is 10.3. The number of rotatable bonds is 5. The molecule has 0 radical (unpaired) electrons. The van der Waals surface area contributed by atoms with Gasteiger partial charge in [-0.25, -0.2) is 0 Å². The molecule has 4 nitrogen and oxygen atoms in total. The Morgan fingerprint density at radius 3 is 2.85 bits per heavy atom. The summed E-state index contributed by atoms with van der Waals surface area (Å²) in [4.78, 5) is 14.0. The van der Waals surface area contributed by atoms with Gasteiger partial charge in [0.2, 0.25) is 5.91 Å². The van der Waals surface area contributed by atoms with Gasteiger partial charge in [-0.2, -0.15) is 0 Å². The highest BCUT2D eigenvalue weighted by Crippen LogP contribution is 1.96. The smallest absolute Gasteiger partial charge is 0.217 e. The molecule has 72 valence electrons. The lowest BCUT2D eigenvalue weighted by molar-refractivity contribution is -0.117. The Hall–Kier alpha value is -1.58. The highest BCUT2D eigenvalue weighted by molar-refractivity contribution is 5.74. The number of nitrogens with zero attached hydrogens (tertiary/aromatic N) is 1. The van der Waals surface area contributed by atoms with Crippen molar-refractivity contribution in [3.8, 4) is 0 Å². The van der Waals surface area contributed by atoms with Crippen molar-refractivity contribution in [3.63, 3.8) is 0 Å². The van der Waals surface area contributed by atoms with Gasteiger partial charge in [0.1, 0.15) is 5.76 Å². The van der Waals surface area contributed by atoms with Crippen molar-refractivity contribution in [3.05, 3.63) is 24.0 Å². The summed E-state index contributed by atoms with van der Waals surface area (Å²) in [6.45, 7) is 0. The number of carbonyl (C=O) groups is 1. The van der Waals surface area contributed by atoms with E-state index in [1.54, 1.807) is 19.3 Å². The Morgan fingerprint density at radius 1 is 1.62 bits per heavy atom. The average Bonchev–Trinajstić information content (AvgIpc) is 2.04. The molecule has 0 aliphatic carbocycles. The van der Waals surface area contributed by atoms with Gasteiger partial charge < -0.3 is 10.8 Å². The second-order valence-electron chi connectivity index (χ2n) is 2.40. The van der Waals surface area contributed by atoms with Crippen molar-refractivity contribution in [1.29, 1.82) is 0 Å². The molecule has 13 heavy (non-hydrogen) atoms. The van der Waals surface area contributed by atoms with Gasteiger partial charge in [0, 0.05) is 19.7 Å². The molecule has 0 saturated heterocycles. The molecule has 0 aromatic carbocycles. The number of allylic oxidation sites excluding steroid dienone is 3. The van der Waals surface area contributed by atoms with Crippen LogP contribution >= 0.6 is 0 Å². The first kappa shape index (κ1) is 11.4. The van der Waals surface area contributed by atoms with E-state index in [2.05, 4.69) is 4.99 Å². The molecule has 0 aliphatic rings. The van der Waals surface area contributed by atoms with Gasteiger partial charge in [-0.1, -0.05) is 0 Å². The summed E-state index contributed by atoms with van der Waals surface area (Å²) >= 11 is 0. The lowest BCUT2D eigenvalue weighted by Crippen LogP contribution is -2.09. The number of hydrogen-bond donors (Lipinski definition) is 2. The maximum atomic E-state index is 10.3.